The molecule has 0 unspecified atom stereocenters. The lowest BCUT2D eigenvalue weighted by Crippen LogP contribution is -1.94. The molecule has 0 radical (unpaired) electrons. The highest BCUT2D eigenvalue weighted by atomic mass is 79.9. The normalized spacial score (nSPS) is 11.0. The summed E-state index contributed by atoms with van der Waals surface area (Å²) in [6.07, 6.45) is 0. The predicted octanol–water partition coefficient (Wildman–Crippen LogP) is 16.1. The second-order valence-corrected chi connectivity index (χ2v) is 15.9. The molecule has 0 N–H and O–H groups in total. The summed E-state index contributed by atoms with van der Waals surface area (Å²) in [6.45, 7) is 0. The van der Waals surface area contributed by atoms with Gasteiger partial charge in [0, 0.05) is 43.1 Å². The molecule has 61 heavy (non-hydrogen) atoms. The molecule has 294 valence electrons. The van der Waals surface area contributed by atoms with Gasteiger partial charge in [-0.1, -0.05) is 131 Å². The average Bonchev–Trinajstić information content (AvgIpc) is 3.84. The number of aromatic nitrogens is 2. The lowest BCUT2D eigenvalue weighted by atomic mass is 10.0. The second-order valence-electron chi connectivity index (χ2n) is 14.9. The van der Waals surface area contributed by atoms with Gasteiger partial charge in [-0.25, -0.2) is 0 Å². The molecule has 0 aliphatic carbocycles. The van der Waals surface area contributed by atoms with Gasteiger partial charge in [-0.3, -0.25) is 0 Å². The van der Waals surface area contributed by atoms with Crippen LogP contribution >= 0.6 is 15.9 Å². The Morgan fingerprint density at radius 1 is 0.328 bits per heavy atom. The van der Waals surface area contributed by atoms with Crippen LogP contribution in [-0.4, -0.2) is 9.13 Å². The molecule has 4 nitrogen and oxygen atoms in total. The minimum atomic E-state index is 0. The Morgan fingerprint density at radius 2 is 0.672 bits per heavy atom. The minimum absolute atomic E-state index is 0. The van der Waals surface area contributed by atoms with Crippen molar-refractivity contribution in [1.82, 2.24) is 9.13 Å². The van der Waals surface area contributed by atoms with E-state index in [4.69, 9.17) is 10.5 Å². The molecule has 9 aromatic carbocycles. The number of para-hydroxylation sites is 3. The van der Waals surface area contributed by atoms with E-state index in [1.165, 1.54) is 60.4 Å². The average molecular weight is 852 g/mol. The molecule has 0 amide bonds. The van der Waals surface area contributed by atoms with Crippen molar-refractivity contribution in [1.29, 1.82) is 10.5 Å². The molecule has 5 heteroatoms. The first-order valence-corrected chi connectivity index (χ1v) is 20.8. The minimum Gasteiger partial charge on any atom is -0.309 e. The van der Waals surface area contributed by atoms with Crippen LogP contribution in [0, 0.1) is 22.7 Å². The third-order valence-electron chi connectivity index (χ3n) is 11.4. The molecule has 0 saturated carbocycles. The lowest BCUT2D eigenvalue weighted by molar-refractivity contribution is 1.18. The van der Waals surface area contributed by atoms with Gasteiger partial charge in [0.1, 0.15) is 0 Å². The van der Waals surface area contributed by atoms with E-state index in [0.717, 1.165) is 32.4 Å². The Labute approximate surface area is 368 Å². The predicted molar refractivity (Wildman–Crippen MR) is 263 cm³/mol. The van der Waals surface area contributed by atoms with E-state index < -0.39 is 0 Å². The lowest BCUT2D eigenvalue weighted by Gasteiger charge is -2.10. The van der Waals surface area contributed by atoms with Gasteiger partial charge in [-0.2, -0.15) is 10.5 Å². The number of halogens is 1. The highest BCUT2D eigenvalue weighted by Crippen LogP contribution is 2.38. The van der Waals surface area contributed by atoms with Crippen molar-refractivity contribution < 1.29 is 5.71 Å². The van der Waals surface area contributed by atoms with Crippen molar-refractivity contribution in [3.05, 3.63) is 228 Å². The quantitative estimate of drug-likeness (QED) is 0.173. The topological polar surface area (TPSA) is 57.4 Å². The van der Waals surface area contributed by atoms with Crippen molar-refractivity contribution in [3.63, 3.8) is 0 Å². The molecule has 0 saturated heterocycles. The number of nitrogens with zero attached hydrogens (tertiary/aromatic N) is 4. The van der Waals surface area contributed by atoms with Crippen LogP contribution in [0.15, 0.2) is 217 Å². The molecule has 0 aliphatic heterocycles. The third kappa shape index (κ3) is 7.04. The monoisotopic (exact) mass is 850 g/mol. The summed E-state index contributed by atoms with van der Waals surface area (Å²) in [5.74, 6) is 0. The molecule has 11 aromatic rings. The number of hydrogen-bond donors (Lipinski definition) is 0. The van der Waals surface area contributed by atoms with E-state index >= 15 is 0 Å². The molecule has 0 fully saturated rings. The van der Waals surface area contributed by atoms with Gasteiger partial charge in [0.05, 0.1) is 45.3 Å². The summed E-state index contributed by atoms with van der Waals surface area (Å²) in [7, 11) is 0. The van der Waals surface area contributed by atoms with Crippen LogP contribution in [0.25, 0.3) is 88.4 Å². The van der Waals surface area contributed by atoms with Crippen molar-refractivity contribution in [3.8, 4) is 56.9 Å². The Balaban J connectivity index is 0.000000316. The summed E-state index contributed by atoms with van der Waals surface area (Å²) >= 11 is 3.40. The molecular formula is C56H43BrN4. The fourth-order valence-electron chi connectivity index (χ4n) is 8.36. The van der Waals surface area contributed by atoms with Crippen LogP contribution in [0.3, 0.4) is 0 Å². The summed E-state index contributed by atoms with van der Waals surface area (Å²) in [4.78, 5) is 0. The van der Waals surface area contributed by atoms with Crippen LogP contribution in [0.2, 0.25) is 0 Å². The van der Waals surface area contributed by atoms with Gasteiger partial charge in [-0.05, 0) is 130 Å². The maximum atomic E-state index is 9.16. The molecule has 0 aliphatic rings. The van der Waals surface area contributed by atoms with Crippen molar-refractivity contribution in [2.24, 2.45) is 0 Å². The van der Waals surface area contributed by atoms with E-state index in [2.05, 4.69) is 177 Å². The summed E-state index contributed by atoms with van der Waals surface area (Å²) in [5.41, 5.74) is 15.3. The van der Waals surface area contributed by atoms with Gasteiger partial charge < -0.3 is 9.13 Å². The maximum Gasteiger partial charge on any atom is 0.0991 e. The Kier molecular flexibility index (Phi) is 9.79. The van der Waals surface area contributed by atoms with Gasteiger partial charge in [0.2, 0.25) is 0 Å². The van der Waals surface area contributed by atoms with Crippen molar-refractivity contribution in [2.45, 2.75) is 0 Å². The first kappa shape index (κ1) is 37.3. The fraction of sp³-hybridized carbons (Fsp3) is 0. The van der Waals surface area contributed by atoms with E-state index in [0.29, 0.717) is 11.1 Å². The summed E-state index contributed by atoms with van der Waals surface area (Å²) in [5, 5.41) is 22.8. The third-order valence-corrected chi connectivity index (χ3v) is 11.9. The number of benzene rings is 9. The van der Waals surface area contributed by atoms with Gasteiger partial charge >= 0.3 is 0 Å². The molecule has 2 heterocycles. The highest BCUT2D eigenvalue weighted by Gasteiger charge is 2.16. The van der Waals surface area contributed by atoms with Gasteiger partial charge in [0.15, 0.2) is 0 Å². The van der Waals surface area contributed by atoms with Crippen molar-refractivity contribution >= 4 is 59.5 Å². The smallest absolute Gasteiger partial charge is 0.0991 e. The number of nitriles is 2. The molecule has 11 rings (SSSR count). The van der Waals surface area contributed by atoms with Crippen LogP contribution in [0.5, 0.6) is 0 Å². The standard InChI is InChI=1S/C43H27N3.C13H8BrN.4H2/c44-28-29-14-16-30(17-15-29)31-18-22-35(23-19-31)46-41-13-7-5-11-37(41)39-27-33(21-25-43(39)46)32-20-24-42-38(26-32)36-10-4-6-12-40(36)45(42)34-8-2-1-3-9-34;14-13-7-5-12(6-8-13)11-3-1-10(9-15)2-4-11;;;;/h1-27H;1-8H;4*1H. The zero-order valence-corrected chi connectivity index (χ0v) is 34.5. The summed E-state index contributed by atoms with van der Waals surface area (Å²) in [6, 6.07) is 78.1. The molecule has 2 aromatic heterocycles. The first-order chi connectivity index (χ1) is 30.1. The van der Waals surface area contributed by atoms with Crippen LogP contribution < -0.4 is 0 Å². The second kappa shape index (κ2) is 16.0. The SMILES string of the molecule is N#Cc1ccc(-c2ccc(-n3c4ccccc4c4cc(-c5ccc6c(c5)c5ccccc5n6-c5ccccc5)ccc43)cc2)cc1.N#Cc1ccc(-c2ccc(Br)cc2)cc1.[HH].[HH].[HH].[HH]. The van der Waals surface area contributed by atoms with Crippen molar-refractivity contribution in [2.75, 3.05) is 0 Å². The van der Waals surface area contributed by atoms with Gasteiger partial charge in [0.25, 0.3) is 0 Å². The van der Waals surface area contributed by atoms with E-state index in [1.807, 2.05) is 72.8 Å². The molecule has 0 atom stereocenters. The molecule has 0 bridgehead atoms. The van der Waals surface area contributed by atoms with E-state index in [9.17, 15) is 0 Å². The highest BCUT2D eigenvalue weighted by molar-refractivity contribution is 9.10. The zero-order valence-electron chi connectivity index (χ0n) is 32.9. The maximum absolute atomic E-state index is 9.16. The largest absolute Gasteiger partial charge is 0.309 e. The number of hydrogen-bond acceptors (Lipinski definition) is 2. The zero-order chi connectivity index (χ0) is 41.3. The number of rotatable bonds is 5. The van der Waals surface area contributed by atoms with Crippen LogP contribution in [-0.2, 0) is 0 Å². The van der Waals surface area contributed by atoms with Gasteiger partial charge in [-0.15, -0.1) is 0 Å². The summed E-state index contributed by atoms with van der Waals surface area (Å²) < 4.78 is 5.78. The fourth-order valence-corrected chi connectivity index (χ4v) is 8.62. The molecular weight excluding hydrogens is 809 g/mol. The molecule has 0 spiro atoms. The van der Waals surface area contributed by atoms with E-state index in [1.54, 1.807) is 0 Å². The van der Waals surface area contributed by atoms with Crippen LogP contribution in [0.1, 0.15) is 16.8 Å². The number of fused-ring (bicyclic) bond motifs is 6. The van der Waals surface area contributed by atoms with E-state index in [-0.39, 0.29) is 5.71 Å². The Bertz CT molecular complexity index is 3480. The van der Waals surface area contributed by atoms with Crippen LogP contribution in [0.4, 0.5) is 0 Å². The Hall–Kier alpha value is -7.96. The first-order valence-electron chi connectivity index (χ1n) is 20.1. The Morgan fingerprint density at radius 3 is 1.11 bits per heavy atom.